The van der Waals surface area contributed by atoms with Crippen molar-refractivity contribution < 1.29 is 5.11 Å². The van der Waals surface area contributed by atoms with Crippen LogP contribution in [0.25, 0.3) is 0 Å². The van der Waals surface area contributed by atoms with E-state index >= 15 is 0 Å². The normalized spacial score (nSPS) is 38.3. The van der Waals surface area contributed by atoms with Gasteiger partial charge in [-0.3, -0.25) is 0 Å². The molecule has 1 saturated carbocycles. The van der Waals surface area contributed by atoms with Crippen molar-refractivity contribution in [1.29, 1.82) is 0 Å². The molecular formula is C18H36N2O. The van der Waals surface area contributed by atoms with Gasteiger partial charge in [-0.15, -0.1) is 0 Å². The summed E-state index contributed by atoms with van der Waals surface area (Å²) in [6, 6.07) is 1.17. The zero-order valence-electron chi connectivity index (χ0n) is 14.6. The minimum Gasteiger partial charge on any atom is -0.394 e. The molecule has 0 spiro atoms. The molecule has 1 aliphatic carbocycles. The van der Waals surface area contributed by atoms with Crippen LogP contribution in [0.15, 0.2) is 0 Å². The molecule has 0 radical (unpaired) electrons. The Kier molecular flexibility index (Phi) is 6.10. The SMILES string of the molecule is CC(C)NC1(CO)CCCC1CCN1CCCC(C)C1C. The summed E-state index contributed by atoms with van der Waals surface area (Å²) in [5, 5.41) is 13.7. The van der Waals surface area contributed by atoms with E-state index in [0.717, 1.165) is 18.4 Å². The van der Waals surface area contributed by atoms with E-state index in [1.807, 2.05) is 0 Å². The van der Waals surface area contributed by atoms with Gasteiger partial charge in [-0.05, 0) is 64.0 Å². The number of hydrogen-bond donors (Lipinski definition) is 2. The first-order valence-electron chi connectivity index (χ1n) is 9.11. The lowest BCUT2D eigenvalue weighted by Crippen LogP contribution is -2.55. The fraction of sp³-hybridized carbons (Fsp3) is 1.00. The first-order valence-corrected chi connectivity index (χ1v) is 9.11. The molecule has 3 nitrogen and oxygen atoms in total. The van der Waals surface area contributed by atoms with Crippen molar-refractivity contribution in [3.8, 4) is 0 Å². The van der Waals surface area contributed by atoms with Crippen LogP contribution in [0.3, 0.4) is 0 Å². The second kappa shape index (κ2) is 7.43. The second-order valence-electron chi connectivity index (χ2n) is 7.89. The van der Waals surface area contributed by atoms with Gasteiger partial charge < -0.3 is 15.3 Å². The summed E-state index contributed by atoms with van der Waals surface area (Å²) in [6.07, 6.45) is 7.65. The third-order valence-electron chi connectivity index (χ3n) is 6.08. The van der Waals surface area contributed by atoms with E-state index in [0.29, 0.717) is 18.6 Å². The molecule has 0 amide bonds. The monoisotopic (exact) mass is 296 g/mol. The van der Waals surface area contributed by atoms with Crippen molar-refractivity contribution in [2.75, 3.05) is 19.7 Å². The number of aliphatic hydroxyl groups is 1. The van der Waals surface area contributed by atoms with Crippen LogP contribution in [0.2, 0.25) is 0 Å². The molecule has 1 heterocycles. The van der Waals surface area contributed by atoms with Crippen molar-refractivity contribution >= 4 is 0 Å². The molecule has 0 aromatic rings. The maximum Gasteiger partial charge on any atom is 0.0616 e. The van der Waals surface area contributed by atoms with Gasteiger partial charge >= 0.3 is 0 Å². The Labute approximate surface area is 131 Å². The van der Waals surface area contributed by atoms with Gasteiger partial charge in [-0.2, -0.15) is 0 Å². The Morgan fingerprint density at radius 1 is 1.24 bits per heavy atom. The van der Waals surface area contributed by atoms with Gasteiger partial charge in [-0.1, -0.05) is 27.2 Å². The fourth-order valence-corrected chi connectivity index (χ4v) is 4.64. The Hall–Kier alpha value is -0.120. The van der Waals surface area contributed by atoms with E-state index < -0.39 is 0 Å². The molecular weight excluding hydrogens is 260 g/mol. The van der Waals surface area contributed by atoms with Crippen LogP contribution in [0, 0.1) is 11.8 Å². The summed E-state index contributed by atoms with van der Waals surface area (Å²) in [5.74, 6) is 1.47. The minimum absolute atomic E-state index is 0.0151. The van der Waals surface area contributed by atoms with Crippen molar-refractivity contribution in [2.45, 2.75) is 83.8 Å². The lowest BCUT2D eigenvalue weighted by molar-refractivity contribution is 0.0777. The Balaban J connectivity index is 1.91. The van der Waals surface area contributed by atoms with Crippen LogP contribution in [0.5, 0.6) is 0 Å². The van der Waals surface area contributed by atoms with Gasteiger partial charge in [0.05, 0.1) is 6.61 Å². The van der Waals surface area contributed by atoms with Gasteiger partial charge in [0, 0.05) is 17.6 Å². The van der Waals surface area contributed by atoms with Crippen molar-refractivity contribution in [1.82, 2.24) is 10.2 Å². The highest BCUT2D eigenvalue weighted by Gasteiger charge is 2.42. The molecule has 1 saturated heterocycles. The first-order chi connectivity index (χ1) is 9.98. The molecule has 124 valence electrons. The lowest BCUT2D eigenvalue weighted by atomic mass is 9.83. The number of piperidine rings is 1. The van der Waals surface area contributed by atoms with Crippen LogP contribution in [0.1, 0.15) is 66.2 Å². The predicted octanol–water partition coefficient (Wildman–Crippen LogP) is 3.03. The highest BCUT2D eigenvalue weighted by atomic mass is 16.3. The molecule has 21 heavy (non-hydrogen) atoms. The fourth-order valence-electron chi connectivity index (χ4n) is 4.64. The number of likely N-dealkylation sites (tertiary alicyclic amines) is 1. The lowest BCUT2D eigenvalue weighted by Gasteiger charge is -2.41. The molecule has 0 bridgehead atoms. The van der Waals surface area contributed by atoms with E-state index in [2.05, 4.69) is 37.9 Å². The van der Waals surface area contributed by atoms with E-state index in [1.165, 1.54) is 45.2 Å². The van der Waals surface area contributed by atoms with Gasteiger partial charge in [0.15, 0.2) is 0 Å². The van der Waals surface area contributed by atoms with Gasteiger partial charge in [0.1, 0.15) is 0 Å². The Bertz CT molecular complexity index is 320. The number of rotatable bonds is 6. The predicted molar refractivity (Wildman–Crippen MR) is 89.5 cm³/mol. The van der Waals surface area contributed by atoms with E-state index in [-0.39, 0.29) is 5.54 Å². The van der Waals surface area contributed by atoms with E-state index in [9.17, 15) is 5.11 Å². The van der Waals surface area contributed by atoms with E-state index in [1.54, 1.807) is 0 Å². The maximum absolute atomic E-state index is 9.99. The Morgan fingerprint density at radius 3 is 2.67 bits per heavy atom. The molecule has 2 fully saturated rings. The van der Waals surface area contributed by atoms with Gasteiger partial charge in [0.25, 0.3) is 0 Å². The quantitative estimate of drug-likeness (QED) is 0.791. The summed E-state index contributed by atoms with van der Waals surface area (Å²) < 4.78 is 0. The molecule has 0 aromatic heterocycles. The summed E-state index contributed by atoms with van der Waals surface area (Å²) in [6.45, 7) is 11.9. The van der Waals surface area contributed by atoms with Gasteiger partial charge in [0.2, 0.25) is 0 Å². The zero-order valence-corrected chi connectivity index (χ0v) is 14.6. The summed E-state index contributed by atoms with van der Waals surface area (Å²) >= 11 is 0. The Morgan fingerprint density at radius 2 is 2.00 bits per heavy atom. The molecule has 2 N–H and O–H groups in total. The maximum atomic E-state index is 9.99. The minimum atomic E-state index is -0.0151. The third-order valence-corrected chi connectivity index (χ3v) is 6.08. The molecule has 4 atom stereocenters. The van der Waals surface area contributed by atoms with Crippen LogP contribution in [-0.4, -0.2) is 47.3 Å². The molecule has 0 aromatic carbocycles. The molecule has 1 aliphatic heterocycles. The third kappa shape index (κ3) is 4.00. The second-order valence-corrected chi connectivity index (χ2v) is 7.89. The number of hydrogen-bond acceptors (Lipinski definition) is 3. The largest absolute Gasteiger partial charge is 0.394 e. The van der Waals surface area contributed by atoms with Crippen LogP contribution in [0.4, 0.5) is 0 Å². The first kappa shape index (κ1) is 17.2. The van der Waals surface area contributed by atoms with Crippen LogP contribution >= 0.6 is 0 Å². The zero-order chi connectivity index (χ0) is 15.5. The topological polar surface area (TPSA) is 35.5 Å². The van der Waals surface area contributed by atoms with Crippen molar-refractivity contribution in [3.05, 3.63) is 0 Å². The highest BCUT2D eigenvalue weighted by molar-refractivity contribution is 5.00. The standard InChI is InChI=1S/C18H36N2O/c1-14(2)19-18(13-21)10-5-8-17(18)9-12-20-11-6-7-15(3)16(20)4/h14-17,19,21H,5-13H2,1-4H3. The molecule has 4 unspecified atom stereocenters. The number of nitrogens with one attached hydrogen (secondary N) is 1. The summed E-state index contributed by atoms with van der Waals surface area (Å²) in [7, 11) is 0. The van der Waals surface area contributed by atoms with Crippen molar-refractivity contribution in [2.24, 2.45) is 11.8 Å². The molecule has 3 heteroatoms. The molecule has 2 aliphatic rings. The average Bonchev–Trinajstić information content (AvgIpc) is 2.83. The van der Waals surface area contributed by atoms with Crippen molar-refractivity contribution in [3.63, 3.8) is 0 Å². The highest BCUT2D eigenvalue weighted by Crippen LogP contribution is 2.38. The van der Waals surface area contributed by atoms with Gasteiger partial charge in [-0.25, -0.2) is 0 Å². The van der Waals surface area contributed by atoms with Crippen LogP contribution < -0.4 is 5.32 Å². The number of aliphatic hydroxyl groups excluding tert-OH is 1. The smallest absolute Gasteiger partial charge is 0.0616 e. The van der Waals surface area contributed by atoms with E-state index in [4.69, 9.17) is 0 Å². The molecule has 2 rings (SSSR count). The van der Waals surface area contributed by atoms with Crippen LogP contribution in [-0.2, 0) is 0 Å². The summed E-state index contributed by atoms with van der Waals surface area (Å²) in [5.41, 5.74) is -0.0151. The average molecular weight is 296 g/mol. The summed E-state index contributed by atoms with van der Waals surface area (Å²) in [4.78, 5) is 2.68. The number of nitrogens with zero attached hydrogens (tertiary/aromatic N) is 1.